The van der Waals surface area contributed by atoms with E-state index in [1.165, 1.54) is 11.3 Å². The molecule has 0 radical (unpaired) electrons. The molecule has 0 bridgehead atoms. The van der Waals surface area contributed by atoms with E-state index in [1.807, 2.05) is 6.19 Å². The third-order valence-corrected chi connectivity index (χ3v) is 5.15. The summed E-state index contributed by atoms with van der Waals surface area (Å²) in [5.41, 5.74) is 0.898. The highest BCUT2D eigenvalue weighted by atomic mass is 32.1. The number of hydrogen-bond donors (Lipinski definition) is 1. The van der Waals surface area contributed by atoms with Gasteiger partial charge in [-0.3, -0.25) is 9.59 Å². The molecule has 3 rings (SSSR count). The Labute approximate surface area is 132 Å². The van der Waals surface area contributed by atoms with Gasteiger partial charge < -0.3 is 10.2 Å². The zero-order valence-corrected chi connectivity index (χ0v) is 13.2. The summed E-state index contributed by atoms with van der Waals surface area (Å²) >= 11 is 1.33. The molecule has 3 heterocycles. The highest BCUT2D eigenvalue weighted by Gasteiger charge is 2.31. The minimum atomic E-state index is -0.193. The summed E-state index contributed by atoms with van der Waals surface area (Å²) in [4.78, 5) is 32.2. The third-order valence-electron chi connectivity index (χ3n) is 4.09. The second-order valence-corrected chi connectivity index (χ2v) is 6.58. The first-order valence-corrected chi connectivity index (χ1v) is 8.10. The van der Waals surface area contributed by atoms with E-state index in [-0.39, 0.29) is 17.7 Å². The molecule has 1 fully saturated rings. The van der Waals surface area contributed by atoms with Crippen molar-refractivity contribution < 1.29 is 9.59 Å². The Kier molecular flexibility index (Phi) is 4.09. The summed E-state index contributed by atoms with van der Waals surface area (Å²) in [6.07, 6.45) is 3.38. The molecule has 1 aromatic heterocycles. The molecule has 2 aliphatic heterocycles. The fraction of sp³-hybridized carbons (Fsp3) is 0.571. The van der Waals surface area contributed by atoms with Crippen LogP contribution < -0.4 is 10.2 Å². The fourth-order valence-electron chi connectivity index (χ4n) is 2.78. The Morgan fingerprint density at radius 1 is 1.55 bits per heavy atom. The zero-order valence-electron chi connectivity index (χ0n) is 12.3. The molecule has 8 heteroatoms. The molecule has 22 heavy (non-hydrogen) atoms. The highest BCUT2D eigenvalue weighted by Crippen LogP contribution is 2.31. The number of nitrogens with one attached hydrogen (secondary N) is 1. The lowest BCUT2D eigenvalue weighted by Crippen LogP contribution is -2.34. The first-order valence-electron chi connectivity index (χ1n) is 7.28. The number of aromatic nitrogens is 1. The van der Waals surface area contributed by atoms with Crippen molar-refractivity contribution in [2.45, 2.75) is 26.3 Å². The lowest BCUT2D eigenvalue weighted by atomic mass is 10.1. The predicted octanol–water partition coefficient (Wildman–Crippen LogP) is 0.471. The lowest BCUT2D eigenvalue weighted by Gasteiger charge is -2.24. The summed E-state index contributed by atoms with van der Waals surface area (Å²) in [6.45, 7) is 4.11. The largest absolute Gasteiger partial charge is 0.337 e. The lowest BCUT2D eigenvalue weighted by molar-refractivity contribution is -0.129. The number of hydrogen-bond acceptors (Lipinski definition) is 6. The van der Waals surface area contributed by atoms with Crippen molar-refractivity contribution in [1.29, 1.82) is 5.26 Å². The number of anilines is 1. The van der Waals surface area contributed by atoms with Gasteiger partial charge in [0.05, 0.1) is 18.2 Å². The van der Waals surface area contributed by atoms with Crippen LogP contribution in [0.3, 0.4) is 0 Å². The number of thiazole rings is 1. The molecule has 7 nitrogen and oxygen atoms in total. The zero-order chi connectivity index (χ0) is 15.7. The van der Waals surface area contributed by atoms with Crippen LogP contribution in [0, 0.1) is 17.4 Å². The number of nitrogens with zero attached hydrogens (tertiary/aromatic N) is 4. The number of amides is 2. The molecule has 0 aromatic carbocycles. The van der Waals surface area contributed by atoms with Crippen LogP contribution in [0.1, 0.15) is 23.9 Å². The number of carbonyl (C=O) groups excluding carboxylic acids is 2. The van der Waals surface area contributed by atoms with Crippen molar-refractivity contribution in [3.05, 3.63) is 10.6 Å². The van der Waals surface area contributed by atoms with E-state index in [2.05, 4.69) is 10.3 Å². The van der Waals surface area contributed by atoms with Gasteiger partial charge in [-0.05, 0) is 13.0 Å². The monoisotopic (exact) mass is 319 g/mol. The van der Waals surface area contributed by atoms with Crippen molar-refractivity contribution in [2.24, 2.45) is 5.92 Å². The fourth-order valence-corrected chi connectivity index (χ4v) is 3.86. The van der Waals surface area contributed by atoms with E-state index >= 15 is 0 Å². The molecule has 0 spiro atoms. The van der Waals surface area contributed by atoms with E-state index in [1.54, 1.807) is 11.8 Å². The molecule has 0 unspecified atom stereocenters. The second kappa shape index (κ2) is 6.02. The number of fused-ring (bicyclic) bond motifs is 1. The van der Waals surface area contributed by atoms with Gasteiger partial charge in [-0.1, -0.05) is 11.3 Å². The molecular weight excluding hydrogens is 302 g/mol. The van der Waals surface area contributed by atoms with Gasteiger partial charge in [-0.25, -0.2) is 4.98 Å². The van der Waals surface area contributed by atoms with Crippen molar-refractivity contribution in [3.63, 3.8) is 0 Å². The first-order chi connectivity index (χ1) is 10.6. The van der Waals surface area contributed by atoms with Crippen molar-refractivity contribution >= 4 is 28.3 Å². The average Bonchev–Trinajstić information content (AvgIpc) is 3.16. The minimum Gasteiger partial charge on any atom is -0.337 e. The SMILES string of the molecule is CC(=O)N1CCc2nc(N(C#N)C(=O)[C@H]3CCNC3)sc2C1. The highest BCUT2D eigenvalue weighted by molar-refractivity contribution is 7.16. The van der Waals surface area contributed by atoms with Crippen LogP contribution in [0.5, 0.6) is 0 Å². The molecule has 1 aromatic rings. The van der Waals surface area contributed by atoms with E-state index < -0.39 is 0 Å². The van der Waals surface area contributed by atoms with Gasteiger partial charge in [-0.2, -0.15) is 10.2 Å². The minimum absolute atomic E-state index is 0.0332. The van der Waals surface area contributed by atoms with Gasteiger partial charge in [0.1, 0.15) is 0 Å². The van der Waals surface area contributed by atoms with Gasteiger partial charge in [0.15, 0.2) is 6.19 Å². The molecule has 1 atom stereocenters. The Bertz CT molecular complexity index is 644. The van der Waals surface area contributed by atoms with Gasteiger partial charge in [0.25, 0.3) is 0 Å². The Hall–Kier alpha value is -1.98. The van der Waals surface area contributed by atoms with E-state index in [0.717, 1.165) is 28.4 Å². The maximum atomic E-state index is 12.4. The summed E-state index contributed by atoms with van der Waals surface area (Å²) in [7, 11) is 0. The normalized spacial score (nSPS) is 20.4. The number of nitriles is 1. The van der Waals surface area contributed by atoms with E-state index in [4.69, 9.17) is 0 Å². The first kappa shape index (κ1) is 14.9. The van der Waals surface area contributed by atoms with Gasteiger partial charge >= 0.3 is 0 Å². The van der Waals surface area contributed by atoms with Crippen LogP contribution in [0.2, 0.25) is 0 Å². The van der Waals surface area contributed by atoms with Crippen LogP contribution >= 0.6 is 11.3 Å². The quantitative estimate of drug-likeness (QED) is 0.632. The molecule has 0 aliphatic carbocycles. The predicted molar refractivity (Wildman–Crippen MR) is 81.0 cm³/mol. The van der Waals surface area contributed by atoms with Crippen molar-refractivity contribution in [3.8, 4) is 6.19 Å². The van der Waals surface area contributed by atoms with Gasteiger partial charge in [0, 0.05) is 31.3 Å². The average molecular weight is 319 g/mol. The molecule has 1 saturated heterocycles. The molecule has 1 N–H and O–H groups in total. The maximum Gasteiger partial charge on any atom is 0.246 e. The number of rotatable bonds is 2. The standard InChI is InChI=1S/C14H17N5O2S/c1-9(20)18-5-3-11-12(7-18)22-14(17-11)19(8-15)13(21)10-2-4-16-6-10/h10,16H,2-7H2,1H3/t10-/m0/s1. The van der Waals surface area contributed by atoms with Crippen molar-refractivity contribution in [1.82, 2.24) is 15.2 Å². The van der Waals surface area contributed by atoms with Crippen molar-refractivity contribution in [2.75, 3.05) is 24.5 Å². The maximum absolute atomic E-state index is 12.4. The van der Waals surface area contributed by atoms with Gasteiger partial charge in [0.2, 0.25) is 16.9 Å². The topological polar surface area (TPSA) is 89.3 Å². The summed E-state index contributed by atoms with van der Waals surface area (Å²) in [5.74, 6) is -0.317. The van der Waals surface area contributed by atoms with Gasteiger partial charge in [-0.15, -0.1) is 0 Å². The summed E-state index contributed by atoms with van der Waals surface area (Å²) in [5, 5.41) is 12.9. The summed E-state index contributed by atoms with van der Waals surface area (Å²) in [6, 6.07) is 0. The smallest absolute Gasteiger partial charge is 0.246 e. The van der Waals surface area contributed by atoms with Crippen LogP contribution in [0.15, 0.2) is 0 Å². The Morgan fingerprint density at radius 2 is 2.36 bits per heavy atom. The third kappa shape index (κ3) is 2.69. The molecule has 0 saturated carbocycles. The summed E-state index contributed by atoms with van der Waals surface area (Å²) < 4.78 is 0. The van der Waals surface area contributed by atoms with E-state index in [9.17, 15) is 14.9 Å². The van der Waals surface area contributed by atoms with E-state index in [0.29, 0.717) is 31.2 Å². The second-order valence-electron chi connectivity index (χ2n) is 5.52. The van der Waals surface area contributed by atoms with Crippen LogP contribution in [-0.2, 0) is 22.6 Å². The van der Waals surface area contributed by atoms with Crippen LogP contribution in [0.4, 0.5) is 5.13 Å². The Balaban J connectivity index is 1.81. The molecule has 2 amide bonds. The van der Waals surface area contributed by atoms with Crippen LogP contribution in [-0.4, -0.2) is 41.3 Å². The Morgan fingerprint density at radius 3 is 3.00 bits per heavy atom. The number of carbonyl (C=O) groups is 2. The van der Waals surface area contributed by atoms with Crippen LogP contribution in [0.25, 0.3) is 0 Å². The molecule has 116 valence electrons. The molecule has 2 aliphatic rings. The molecular formula is C14H17N5O2S.